The molecule has 7 heterocycles. The molecule has 4 amide bonds. The number of hydrogen-bond acceptors (Lipinski definition) is 16. The fourth-order valence-corrected chi connectivity index (χ4v) is 12.9. The average molecular weight is 1140 g/mol. The van der Waals surface area contributed by atoms with Gasteiger partial charge in [-0.1, -0.05) is 32.8 Å². The molecular weight excluding hydrogens is 1070 g/mol. The molecule has 4 N–H and O–H groups in total. The summed E-state index contributed by atoms with van der Waals surface area (Å²) in [7, 11) is 3.03. The first-order chi connectivity index (χ1) is 38.8. The highest BCUT2D eigenvalue weighted by molar-refractivity contribution is 7.10. The van der Waals surface area contributed by atoms with E-state index in [9.17, 15) is 29.1 Å². The first-order valence-electron chi connectivity index (χ1n) is 28.0. The quantitative estimate of drug-likeness (QED) is 0.102. The van der Waals surface area contributed by atoms with E-state index in [0.717, 1.165) is 55.7 Å². The van der Waals surface area contributed by atoms with Crippen LogP contribution in [0.4, 0.5) is 23.7 Å². The zero-order valence-electron chi connectivity index (χ0n) is 46.5. The molecule has 2 saturated carbocycles. The minimum Gasteiger partial charge on any atom is -0.465 e. The van der Waals surface area contributed by atoms with Crippen LogP contribution < -0.4 is 21.0 Å². The van der Waals surface area contributed by atoms with Crippen LogP contribution >= 0.6 is 11.3 Å². The van der Waals surface area contributed by atoms with Gasteiger partial charge < -0.3 is 39.6 Å². The number of benzene rings is 1. The van der Waals surface area contributed by atoms with Gasteiger partial charge in [-0.15, -0.1) is 11.3 Å². The number of pyridine rings is 1. The number of likely N-dealkylation sites (N-methyl/N-ethyl adjacent to an activating group) is 1. The number of ether oxygens (including phenoxy) is 2. The van der Waals surface area contributed by atoms with Gasteiger partial charge in [0.25, 0.3) is 5.91 Å². The molecule has 6 bridgehead atoms. The van der Waals surface area contributed by atoms with Crippen LogP contribution in [0.3, 0.4) is 0 Å². The molecule has 21 nitrogen and oxygen atoms in total. The third-order valence-electron chi connectivity index (χ3n) is 16.5. The van der Waals surface area contributed by atoms with Crippen molar-refractivity contribution in [1.82, 2.24) is 60.2 Å². The second kappa shape index (κ2) is 24.1. The van der Waals surface area contributed by atoms with Crippen molar-refractivity contribution in [2.45, 2.75) is 141 Å². The number of cyclic esters (lactones) is 1. The van der Waals surface area contributed by atoms with Crippen molar-refractivity contribution in [2.75, 3.05) is 64.9 Å². The topological polar surface area (TPSA) is 235 Å². The lowest BCUT2D eigenvalue weighted by atomic mass is 9.84. The second-order valence-electron chi connectivity index (χ2n) is 23.0. The van der Waals surface area contributed by atoms with E-state index in [1.807, 2.05) is 38.3 Å². The third kappa shape index (κ3) is 13.1. The summed E-state index contributed by atoms with van der Waals surface area (Å²) in [6.45, 7) is 6.74. The number of amides is 4. The number of rotatable bonds is 13. The van der Waals surface area contributed by atoms with Gasteiger partial charge in [0.1, 0.15) is 31.6 Å². The maximum atomic E-state index is 15.2. The van der Waals surface area contributed by atoms with E-state index >= 15 is 13.2 Å². The van der Waals surface area contributed by atoms with Crippen LogP contribution in [0.5, 0.6) is 0 Å². The van der Waals surface area contributed by atoms with Crippen LogP contribution in [0, 0.1) is 11.3 Å². The van der Waals surface area contributed by atoms with Gasteiger partial charge in [-0.05, 0) is 81.5 Å². The Hall–Kier alpha value is -6.54. The lowest BCUT2D eigenvalue weighted by Crippen LogP contribution is -2.61. The summed E-state index contributed by atoms with van der Waals surface area (Å²) in [4.78, 5) is 90.2. The Balaban J connectivity index is 1.02. The molecule has 10 rings (SSSR count). The number of anilines is 1. The fraction of sp³-hybridized carbons (Fsp3) is 0.589. The van der Waals surface area contributed by atoms with Gasteiger partial charge in [0, 0.05) is 98.2 Å². The standard InChI is InChI=1S/C56H72F3N13O8S/c1-33(79-5)49-40(23-38(26-60-49)69-19-17-68(18-20-69)37-13-14-37)51-41-25-55(2,3)31-80-48(75)22-36-11-8-16-71(66-36)53(77)42(24-46-64-43(29-81-46)35-12-15-44(39(41)21-35)70(51)30-56(57,58)59)65-52(76)50(34-9-6-7-10-34)67(4)47(74)27-61-54(78)72-45(28-73)62-32-63-72/h12,15,21,23,26,29,32-34,36-37,42,50,66,73H,6-11,13-14,16-20,22,24-25,27-28,30-31H2,1-5H3,(H,61,78)(H,65,76)/t33-,36-,42-,50-/m0/s1. The zero-order chi connectivity index (χ0) is 57.3. The van der Waals surface area contributed by atoms with E-state index in [4.69, 9.17) is 19.4 Å². The molecule has 0 radical (unpaired) electrons. The Morgan fingerprint density at radius 2 is 1.78 bits per heavy atom. The highest BCUT2D eigenvalue weighted by atomic mass is 32.1. The van der Waals surface area contributed by atoms with Gasteiger partial charge in [-0.2, -0.15) is 23.0 Å². The summed E-state index contributed by atoms with van der Waals surface area (Å²) in [6.07, 6.45) is 4.08. The number of esters is 1. The van der Waals surface area contributed by atoms with E-state index in [2.05, 4.69) is 35.9 Å². The summed E-state index contributed by atoms with van der Waals surface area (Å²) in [5.74, 6) is -2.46. The van der Waals surface area contributed by atoms with Crippen molar-refractivity contribution in [3.8, 4) is 22.5 Å². The van der Waals surface area contributed by atoms with Crippen LogP contribution in [-0.4, -0.2) is 169 Å². The molecule has 0 unspecified atom stereocenters. The predicted octanol–water partition coefficient (Wildman–Crippen LogP) is 5.78. The molecule has 3 aliphatic heterocycles. The van der Waals surface area contributed by atoms with Gasteiger partial charge in [-0.3, -0.25) is 34.1 Å². The number of aliphatic hydroxyl groups is 1. The number of piperazine rings is 1. The molecule has 4 atom stereocenters. The number of halogens is 3. The number of aliphatic hydroxyl groups excluding tert-OH is 1. The lowest BCUT2D eigenvalue weighted by Gasteiger charge is -2.37. The minimum atomic E-state index is -4.63. The molecule has 1 aromatic carbocycles. The summed E-state index contributed by atoms with van der Waals surface area (Å²) >= 11 is 1.27. The average Bonchev–Trinajstić information content (AvgIpc) is 3.12. The monoisotopic (exact) mass is 1140 g/mol. The number of carbonyl (C=O) groups is 5. The number of nitrogens with zero attached hydrogens (tertiary/aromatic N) is 10. The molecule has 5 aromatic rings. The number of nitrogens with one attached hydrogen (secondary N) is 3. The highest BCUT2D eigenvalue weighted by Crippen LogP contribution is 2.44. The summed E-state index contributed by atoms with van der Waals surface area (Å²) in [5.41, 5.74) is 6.60. The van der Waals surface area contributed by atoms with Gasteiger partial charge in [0.05, 0.1) is 59.7 Å². The number of hydrogen-bond donors (Lipinski definition) is 4. The van der Waals surface area contributed by atoms with E-state index in [1.165, 1.54) is 45.7 Å². The first-order valence-corrected chi connectivity index (χ1v) is 28.9. The van der Waals surface area contributed by atoms with Gasteiger partial charge in [0.15, 0.2) is 5.82 Å². The van der Waals surface area contributed by atoms with Gasteiger partial charge >= 0.3 is 18.2 Å². The molecule has 4 fully saturated rings. The van der Waals surface area contributed by atoms with Gasteiger partial charge in [-0.25, -0.2) is 20.2 Å². The first kappa shape index (κ1) is 57.7. The van der Waals surface area contributed by atoms with Crippen molar-refractivity contribution < 1.29 is 51.7 Å². The van der Waals surface area contributed by atoms with Crippen LogP contribution in [0.1, 0.15) is 107 Å². The number of alkyl halides is 3. The van der Waals surface area contributed by atoms with Crippen LogP contribution in [0.15, 0.2) is 42.2 Å². The maximum Gasteiger partial charge on any atom is 0.406 e. The number of aromatic nitrogens is 6. The Labute approximate surface area is 471 Å². The summed E-state index contributed by atoms with van der Waals surface area (Å²) in [5, 5.41) is 23.2. The maximum absolute atomic E-state index is 15.2. The Bertz CT molecular complexity index is 3130. The Morgan fingerprint density at radius 1 is 1.01 bits per heavy atom. The van der Waals surface area contributed by atoms with Crippen LogP contribution in [0.25, 0.3) is 33.4 Å². The summed E-state index contributed by atoms with van der Waals surface area (Å²) < 4.78 is 59.6. The third-order valence-corrected chi connectivity index (χ3v) is 17.4. The second-order valence-corrected chi connectivity index (χ2v) is 23.9. The number of hydrazine groups is 1. The normalized spacial score (nSPS) is 21.3. The highest BCUT2D eigenvalue weighted by Gasteiger charge is 2.41. The largest absolute Gasteiger partial charge is 0.465 e. The molecule has 2 aliphatic carbocycles. The SMILES string of the molecule is CO[C@@H](C)c1ncc(N2CCN(C3CC3)CC2)cc1-c1c2c3cc(ccc3n1CC(F)(F)F)-c1csc(n1)C[C@H](NC(=O)[C@H](C1CCCC1)N(C)C(=O)CNC(=O)n1ncnc1CO)C(=O)N1CCC[C@@H](CC(=O)OCC(C)(C)C2)N1. The number of methoxy groups -OCH3 is 1. The molecular formula is C56H72F3N13O8S. The molecule has 436 valence electrons. The van der Waals surface area contributed by atoms with Crippen LogP contribution in [0.2, 0.25) is 0 Å². The Morgan fingerprint density at radius 3 is 2.49 bits per heavy atom. The van der Waals surface area contributed by atoms with Crippen molar-refractivity contribution >= 4 is 57.6 Å². The van der Waals surface area contributed by atoms with E-state index < -0.39 is 85.2 Å². The Kier molecular flexibility index (Phi) is 17.2. The van der Waals surface area contributed by atoms with Gasteiger partial charge in [0.2, 0.25) is 11.8 Å². The van der Waals surface area contributed by atoms with Crippen molar-refractivity contribution in [3.63, 3.8) is 0 Å². The molecule has 5 aliphatic rings. The number of fused-ring (bicyclic) bond motifs is 6. The molecule has 2 saturated heterocycles. The van der Waals surface area contributed by atoms with E-state index in [-0.39, 0.29) is 44.2 Å². The lowest BCUT2D eigenvalue weighted by molar-refractivity contribution is -0.150. The fourth-order valence-electron chi connectivity index (χ4n) is 12.1. The molecule has 4 aromatic heterocycles. The zero-order valence-corrected chi connectivity index (χ0v) is 47.3. The number of carbonyl (C=O) groups excluding carboxylic acids is 5. The summed E-state index contributed by atoms with van der Waals surface area (Å²) in [6, 6.07) is 4.29. The minimum absolute atomic E-state index is 0.0267. The van der Waals surface area contributed by atoms with Crippen molar-refractivity contribution in [2.24, 2.45) is 11.3 Å². The predicted molar refractivity (Wildman–Crippen MR) is 294 cm³/mol. The van der Waals surface area contributed by atoms with E-state index in [1.54, 1.807) is 25.4 Å². The van der Waals surface area contributed by atoms with Crippen molar-refractivity contribution in [1.29, 1.82) is 0 Å². The number of thiazole rings is 1. The van der Waals surface area contributed by atoms with Crippen molar-refractivity contribution in [3.05, 3.63) is 64.3 Å². The molecule has 25 heteroatoms. The van der Waals surface area contributed by atoms with Crippen LogP contribution in [-0.2, 0) is 54.6 Å². The van der Waals surface area contributed by atoms with E-state index in [0.29, 0.717) is 81.4 Å². The molecule has 81 heavy (non-hydrogen) atoms. The smallest absolute Gasteiger partial charge is 0.406 e. The molecule has 0 spiro atoms.